The molecule has 2 aliphatic rings. The highest BCUT2D eigenvalue weighted by Gasteiger charge is 2.38. The Kier molecular flexibility index (Phi) is 5.18. The van der Waals surface area contributed by atoms with Gasteiger partial charge in [-0.1, -0.05) is 44.2 Å². The van der Waals surface area contributed by atoms with E-state index in [-0.39, 0.29) is 24.6 Å². The quantitative estimate of drug-likeness (QED) is 0.844. The molecule has 2 aliphatic heterocycles. The molecule has 1 aromatic heterocycles. The van der Waals surface area contributed by atoms with E-state index in [4.69, 9.17) is 4.74 Å². The van der Waals surface area contributed by atoms with Crippen molar-refractivity contribution < 1.29 is 9.53 Å². The van der Waals surface area contributed by atoms with E-state index in [0.29, 0.717) is 17.8 Å². The number of rotatable bonds is 5. The molecule has 0 unspecified atom stereocenters. The summed E-state index contributed by atoms with van der Waals surface area (Å²) in [5, 5.41) is 15.4. The van der Waals surface area contributed by atoms with Gasteiger partial charge in [0.1, 0.15) is 6.54 Å². The van der Waals surface area contributed by atoms with Crippen LogP contribution in [0.5, 0.6) is 0 Å². The number of benzene rings is 1. The lowest BCUT2D eigenvalue weighted by atomic mass is 10.0. The first-order valence-corrected chi connectivity index (χ1v) is 9.56. The minimum atomic E-state index is -0.0850. The van der Waals surface area contributed by atoms with Crippen LogP contribution >= 0.6 is 0 Å². The van der Waals surface area contributed by atoms with Gasteiger partial charge in [-0.15, -0.1) is 10.2 Å². The fourth-order valence-electron chi connectivity index (χ4n) is 3.82. The van der Waals surface area contributed by atoms with Crippen molar-refractivity contribution >= 4 is 5.91 Å². The molecule has 3 atom stereocenters. The van der Waals surface area contributed by atoms with Gasteiger partial charge in [-0.2, -0.15) is 4.80 Å². The van der Waals surface area contributed by atoms with E-state index in [1.807, 2.05) is 30.3 Å². The minimum Gasteiger partial charge on any atom is -0.375 e. The number of carbonyl (C=O) groups is 1. The molecule has 0 spiro atoms. The van der Waals surface area contributed by atoms with Crippen molar-refractivity contribution in [2.45, 2.75) is 45.0 Å². The average Bonchev–Trinajstić information content (AvgIpc) is 3.27. The van der Waals surface area contributed by atoms with Crippen molar-refractivity contribution in [1.82, 2.24) is 30.4 Å². The van der Waals surface area contributed by atoms with Crippen LogP contribution in [0.2, 0.25) is 0 Å². The average molecular weight is 370 g/mol. The van der Waals surface area contributed by atoms with Gasteiger partial charge in [0, 0.05) is 30.7 Å². The number of fused-ring (bicyclic) bond motifs is 1. The maximum atomic E-state index is 12.4. The Labute approximate surface area is 158 Å². The third-order valence-corrected chi connectivity index (χ3v) is 5.32. The summed E-state index contributed by atoms with van der Waals surface area (Å²) in [5.74, 6) is 0.952. The Balaban J connectivity index is 1.30. The Morgan fingerprint density at radius 1 is 1.30 bits per heavy atom. The van der Waals surface area contributed by atoms with E-state index in [0.717, 1.165) is 31.7 Å². The first-order chi connectivity index (χ1) is 13.1. The van der Waals surface area contributed by atoms with Crippen LogP contribution in [0.1, 0.15) is 20.3 Å². The predicted octanol–water partition coefficient (Wildman–Crippen LogP) is 0.954. The number of tetrazole rings is 1. The van der Waals surface area contributed by atoms with E-state index in [1.54, 1.807) is 0 Å². The van der Waals surface area contributed by atoms with Crippen molar-refractivity contribution in [2.75, 3.05) is 19.7 Å². The molecule has 2 fully saturated rings. The van der Waals surface area contributed by atoms with Crippen molar-refractivity contribution in [1.29, 1.82) is 0 Å². The lowest BCUT2D eigenvalue weighted by Crippen LogP contribution is -2.48. The molecule has 4 rings (SSSR count). The van der Waals surface area contributed by atoms with E-state index in [2.05, 4.69) is 39.5 Å². The summed E-state index contributed by atoms with van der Waals surface area (Å²) in [4.78, 5) is 16.2. The summed E-state index contributed by atoms with van der Waals surface area (Å²) in [6, 6.07) is 10.2. The van der Waals surface area contributed by atoms with E-state index in [1.165, 1.54) is 4.80 Å². The smallest absolute Gasteiger partial charge is 0.243 e. The van der Waals surface area contributed by atoms with Gasteiger partial charge in [0.15, 0.2) is 0 Å². The first-order valence-electron chi connectivity index (χ1n) is 9.56. The summed E-state index contributed by atoms with van der Waals surface area (Å²) < 4.78 is 5.96. The number of ether oxygens (including phenoxy) is 1. The zero-order valence-electron chi connectivity index (χ0n) is 15.8. The molecule has 144 valence electrons. The fraction of sp³-hybridized carbons (Fsp3) is 0.579. The summed E-state index contributed by atoms with van der Waals surface area (Å²) in [6.07, 6.45) is 1.21. The topological polar surface area (TPSA) is 85.2 Å². The van der Waals surface area contributed by atoms with E-state index >= 15 is 0 Å². The second-order valence-corrected chi connectivity index (χ2v) is 7.73. The molecule has 1 N–H and O–H groups in total. The fourth-order valence-corrected chi connectivity index (χ4v) is 3.82. The highest BCUT2D eigenvalue weighted by Crippen LogP contribution is 2.25. The van der Waals surface area contributed by atoms with Crippen molar-refractivity contribution in [3.63, 3.8) is 0 Å². The maximum absolute atomic E-state index is 12.4. The summed E-state index contributed by atoms with van der Waals surface area (Å²) >= 11 is 0. The monoisotopic (exact) mass is 370 g/mol. The molecule has 2 aromatic rings. The van der Waals surface area contributed by atoms with Gasteiger partial charge in [0.2, 0.25) is 11.7 Å². The highest BCUT2D eigenvalue weighted by molar-refractivity contribution is 5.76. The van der Waals surface area contributed by atoms with Gasteiger partial charge in [0.05, 0.1) is 12.7 Å². The second-order valence-electron chi connectivity index (χ2n) is 7.73. The van der Waals surface area contributed by atoms with Crippen LogP contribution in [0.4, 0.5) is 0 Å². The molecule has 2 saturated heterocycles. The molecule has 1 aromatic carbocycles. The lowest BCUT2D eigenvalue weighted by molar-refractivity contribution is -0.122. The number of amides is 1. The van der Waals surface area contributed by atoms with Gasteiger partial charge in [-0.25, -0.2) is 0 Å². The second kappa shape index (κ2) is 7.74. The van der Waals surface area contributed by atoms with E-state index < -0.39 is 0 Å². The van der Waals surface area contributed by atoms with Gasteiger partial charge in [-0.05, 0) is 17.6 Å². The Morgan fingerprint density at radius 2 is 2.11 bits per heavy atom. The SMILES string of the molecule is CC(C)[C@@H]1CN2C[C@@H](NC(=O)Cn3nnc(-c4ccccc4)n3)C[C@H]2CO1. The van der Waals surface area contributed by atoms with Gasteiger partial charge in [0.25, 0.3) is 0 Å². The minimum absolute atomic E-state index is 0.0755. The molecule has 0 aliphatic carbocycles. The zero-order chi connectivity index (χ0) is 18.8. The number of carbonyl (C=O) groups excluding carboxylic acids is 1. The molecule has 1 amide bonds. The molecule has 27 heavy (non-hydrogen) atoms. The highest BCUT2D eigenvalue weighted by atomic mass is 16.5. The number of nitrogens with zero attached hydrogens (tertiary/aromatic N) is 5. The Morgan fingerprint density at radius 3 is 2.89 bits per heavy atom. The summed E-state index contributed by atoms with van der Waals surface area (Å²) in [7, 11) is 0. The van der Waals surface area contributed by atoms with Crippen LogP contribution in [0.15, 0.2) is 30.3 Å². The summed E-state index contributed by atoms with van der Waals surface area (Å²) in [6.45, 7) is 7.03. The number of hydrogen-bond acceptors (Lipinski definition) is 6. The molecule has 0 radical (unpaired) electrons. The number of morpholine rings is 1. The normalized spacial score (nSPS) is 25.5. The zero-order valence-corrected chi connectivity index (χ0v) is 15.8. The maximum Gasteiger partial charge on any atom is 0.243 e. The van der Waals surface area contributed by atoms with Crippen LogP contribution < -0.4 is 5.32 Å². The number of aromatic nitrogens is 4. The molecule has 0 saturated carbocycles. The number of hydrogen-bond donors (Lipinski definition) is 1. The Hall–Kier alpha value is -2.32. The standard InChI is InChI=1S/C19H26N6O2/c1-13(2)17-10-24-9-15(8-16(24)12-27-17)20-18(26)11-25-22-19(21-23-25)14-6-4-3-5-7-14/h3-7,13,15-17H,8-12H2,1-2H3,(H,20,26)/t15-,16-,17-/m0/s1. The molecular weight excluding hydrogens is 344 g/mol. The number of nitrogens with one attached hydrogen (secondary N) is 1. The van der Waals surface area contributed by atoms with Crippen molar-refractivity contribution in [3.8, 4) is 11.4 Å². The first kappa shape index (κ1) is 18.1. The molecule has 0 bridgehead atoms. The van der Waals surface area contributed by atoms with Gasteiger partial charge < -0.3 is 10.1 Å². The predicted molar refractivity (Wildman–Crippen MR) is 99.7 cm³/mol. The van der Waals surface area contributed by atoms with Gasteiger partial charge >= 0.3 is 0 Å². The van der Waals surface area contributed by atoms with Crippen LogP contribution in [0, 0.1) is 5.92 Å². The lowest BCUT2D eigenvalue weighted by Gasteiger charge is -2.36. The van der Waals surface area contributed by atoms with Crippen LogP contribution in [-0.2, 0) is 16.1 Å². The molecule has 3 heterocycles. The summed E-state index contributed by atoms with van der Waals surface area (Å²) in [5.41, 5.74) is 0.886. The molecular formula is C19H26N6O2. The molecule has 8 nitrogen and oxygen atoms in total. The Bertz CT molecular complexity index is 778. The molecule has 8 heteroatoms. The van der Waals surface area contributed by atoms with Crippen LogP contribution in [0.3, 0.4) is 0 Å². The van der Waals surface area contributed by atoms with Crippen LogP contribution in [0.25, 0.3) is 11.4 Å². The van der Waals surface area contributed by atoms with Crippen LogP contribution in [-0.4, -0.2) is 68.9 Å². The third kappa shape index (κ3) is 4.17. The van der Waals surface area contributed by atoms with E-state index in [9.17, 15) is 4.79 Å². The largest absolute Gasteiger partial charge is 0.375 e. The van der Waals surface area contributed by atoms with Crippen molar-refractivity contribution in [2.24, 2.45) is 5.92 Å². The third-order valence-electron chi connectivity index (χ3n) is 5.32. The van der Waals surface area contributed by atoms with Gasteiger partial charge in [-0.3, -0.25) is 9.69 Å². The van der Waals surface area contributed by atoms with Crippen molar-refractivity contribution in [3.05, 3.63) is 30.3 Å².